The van der Waals surface area contributed by atoms with Crippen LogP contribution in [0.3, 0.4) is 0 Å². The summed E-state index contributed by atoms with van der Waals surface area (Å²) in [4.78, 5) is 18.0. The summed E-state index contributed by atoms with van der Waals surface area (Å²) in [5.41, 5.74) is 1.16. The van der Waals surface area contributed by atoms with Gasteiger partial charge in [0.25, 0.3) is 15.9 Å². The summed E-state index contributed by atoms with van der Waals surface area (Å²) in [7, 11) is -4.18. The van der Waals surface area contributed by atoms with Gasteiger partial charge in [-0.25, -0.2) is 8.42 Å². The van der Waals surface area contributed by atoms with Crippen molar-refractivity contribution < 1.29 is 31.1 Å². The molecule has 1 aromatic heterocycles. The van der Waals surface area contributed by atoms with Crippen molar-refractivity contribution in [3.8, 4) is 5.75 Å². The van der Waals surface area contributed by atoms with Gasteiger partial charge in [-0.15, -0.1) is 13.2 Å². The summed E-state index contributed by atoms with van der Waals surface area (Å²) in [6, 6.07) is 9.88. The Balaban J connectivity index is 1.63. The van der Waals surface area contributed by atoms with Crippen LogP contribution in [0.15, 0.2) is 65.8 Å². The molecule has 1 N–H and O–H groups in total. The van der Waals surface area contributed by atoms with Crippen LogP contribution < -0.4 is 14.4 Å². The van der Waals surface area contributed by atoms with Crippen LogP contribution in [0.5, 0.6) is 5.75 Å². The highest BCUT2D eigenvalue weighted by Crippen LogP contribution is 2.37. The van der Waals surface area contributed by atoms with Crippen LogP contribution in [0.25, 0.3) is 0 Å². The largest absolute Gasteiger partial charge is 0.573 e. The van der Waals surface area contributed by atoms with Crippen LogP contribution in [0.4, 0.5) is 24.5 Å². The van der Waals surface area contributed by atoms with Gasteiger partial charge in [0.15, 0.2) is 0 Å². The summed E-state index contributed by atoms with van der Waals surface area (Å²) < 4.78 is 68.7. The van der Waals surface area contributed by atoms with Crippen LogP contribution in [-0.2, 0) is 16.6 Å². The molecule has 0 unspecified atom stereocenters. The average molecular weight is 484 g/mol. The Bertz CT molecular complexity index is 1280. The molecule has 1 aliphatic heterocycles. The van der Waals surface area contributed by atoms with E-state index in [0.29, 0.717) is 11.3 Å². The normalized spacial score (nSPS) is 13.8. The maximum absolute atomic E-state index is 12.9. The Kier molecular flexibility index (Phi) is 5.47. The van der Waals surface area contributed by atoms with Crippen molar-refractivity contribution in [1.82, 2.24) is 4.98 Å². The standard InChI is InChI=1S/C20H13ClF3N3O4S/c21-16-7-8-17(15-11-27(19(28)18(15)16)12-2-1-9-25-10-12)26-32(29,30)14-5-3-13(4-6-14)31-20(22,23)24/h1-10,26H,11H2. The highest BCUT2D eigenvalue weighted by molar-refractivity contribution is 7.92. The van der Waals surface area contributed by atoms with Crippen LogP contribution >= 0.6 is 11.6 Å². The number of nitrogens with zero attached hydrogens (tertiary/aromatic N) is 2. The summed E-state index contributed by atoms with van der Waals surface area (Å²) >= 11 is 6.20. The van der Waals surface area contributed by atoms with E-state index in [1.165, 1.54) is 23.2 Å². The SMILES string of the molecule is O=C1c2c(Cl)ccc(NS(=O)(=O)c3ccc(OC(F)(F)F)cc3)c2CN1c1cccnc1. The molecule has 1 aliphatic rings. The van der Waals surface area contributed by atoms with Gasteiger partial charge in [0.05, 0.1) is 39.6 Å². The van der Waals surface area contributed by atoms with E-state index in [4.69, 9.17) is 11.6 Å². The molecular weight excluding hydrogens is 471 g/mol. The maximum atomic E-state index is 12.9. The summed E-state index contributed by atoms with van der Waals surface area (Å²) in [6.07, 6.45) is -1.85. The molecule has 0 aliphatic carbocycles. The molecule has 0 fully saturated rings. The lowest BCUT2D eigenvalue weighted by Gasteiger charge is -2.15. The zero-order valence-electron chi connectivity index (χ0n) is 15.9. The Morgan fingerprint density at radius 1 is 1.09 bits per heavy atom. The molecule has 0 atom stereocenters. The third kappa shape index (κ3) is 4.34. The van der Waals surface area contributed by atoms with Gasteiger partial charge in [0, 0.05) is 11.8 Å². The van der Waals surface area contributed by atoms with Crippen LogP contribution in [0.1, 0.15) is 15.9 Å². The van der Waals surface area contributed by atoms with Gasteiger partial charge >= 0.3 is 6.36 Å². The Morgan fingerprint density at radius 3 is 2.44 bits per heavy atom. The molecule has 0 bridgehead atoms. The maximum Gasteiger partial charge on any atom is 0.573 e. The Morgan fingerprint density at radius 2 is 1.81 bits per heavy atom. The molecule has 7 nitrogen and oxygen atoms in total. The van der Waals surface area contributed by atoms with E-state index < -0.39 is 28.0 Å². The first-order chi connectivity index (χ1) is 15.0. The van der Waals surface area contributed by atoms with E-state index in [0.717, 1.165) is 24.3 Å². The first-order valence-corrected chi connectivity index (χ1v) is 10.8. The van der Waals surface area contributed by atoms with Gasteiger partial charge in [0.2, 0.25) is 0 Å². The fourth-order valence-electron chi connectivity index (χ4n) is 3.22. The zero-order valence-corrected chi connectivity index (χ0v) is 17.5. The number of carbonyl (C=O) groups is 1. The summed E-state index contributed by atoms with van der Waals surface area (Å²) in [5, 5.41) is 0.160. The lowest BCUT2D eigenvalue weighted by molar-refractivity contribution is -0.274. The lowest BCUT2D eigenvalue weighted by atomic mass is 10.1. The first kappa shape index (κ1) is 21.9. The first-order valence-electron chi connectivity index (χ1n) is 8.97. The number of halogens is 4. The minimum atomic E-state index is -4.89. The molecule has 2 heterocycles. The molecule has 0 radical (unpaired) electrons. The van der Waals surface area contributed by atoms with Crippen molar-refractivity contribution >= 4 is 38.9 Å². The second kappa shape index (κ2) is 7.99. The smallest absolute Gasteiger partial charge is 0.406 e. The van der Waals surface area contributed by atoms with Gasteiger partial charge < -0.3 is 9.64 Å². The highest BCUT2D eigenvalue weighted by atomic mass is 35.5. The monoisotopic (exact) mass is 483 g/mol. The zero-order chi connectivity index (χ0) is 23.1. The molecular formula is C20H13ClF3N3O4S. The number of rotatable bonds is 5. The number of fused-ring (bicyclic) bond motifs is 1. The van der Waals surface area contributed by atoms with Crippen molar-refractivity contribution in [1.29, 1.82) is 0 Å². The third-order valence-corrected chi connectivity index (χ3v) is 6.30. The number of hydrogen-bond acceptors (Lipinski definition) is 5. The number of sulfonamides is 1. The molecule has 12 heteroatoms. The van der Waals surface area contributed by atoms with Crippen LogP contribution in [0, 0.1) is 0 Å². The fourth-order valence-corrected chi connectivity index (χ4v) is 4.57. The van der Waals surface area contributed by atoms with E-state index in [1.807, 2.05) is 0 Å². The minimum absolute atomic E-state index is 0.0522. The number of amides is 1. The molecule has 0 saturated heterocycles. The number of alkyl halides is 3. The Hall–Kier alpha value is -3.31. The predicted molar refractivity (Wildman–Crippen MR) is 110 cm³/mol. The van der Waals surface area contributed by atoms with Crippen molar-refractivity contribution in [2.24, 2.45) is 0 Å². The number of ether oxygens (including phenoxy) is 1. The lowest BCUT2D eigenvalue weighted by Crippen LogP contribution is -2.23. The van der Waals surface area contributed by atoms with E-state index in [-0.39, 0.29) is 27.7 Å². The second-order valence-corrected chi connectivity index (χ2v) is 8.77. The van der Waals surface area contributed by atoms with E-state index in [1.54, 1.807) is 18.3 Å². The molecule has 32 heavy (non-hydrogen) atoms. The number of aromatic nitrogens is 1. The number of benzene rings is 2. The number of pyridine rings is 1. The van der Waals surface area contributed by atoms with Gasteiger partial charge in [0.1, 0.15) is 5.75 Å². The molecule has 3 aromatic rings. The topological polar surface area (TPSA) is 88.6 Å². The quantitative estimate of drug-likeness (QED) is 0.573. The molecule has 166 valence electrons. The summed E-state index contributed by atoms with van der Waals surface area (Å²) in [5.74, 6) is -0.964. The van der Waals surface area contributed by atoms with E-state index >= 15 is 0 Å². The highest BCUT2D eigenvalue weighted by Gasteiger charge is 2.34. The molecule has 0 spiro atoms. The molecule has 2 aromatic carbocycles. The molecule has 4 rings (SSSR count). The third-order valence-electron chi connectivity index (χ3n) is 4.61. The van der Waals surface area contributed by atoms with Gasteiger partial charge in [-0.1, -0.05) is 11.6 Å². The van der Waals surface area contributed by atoms with Gasteiger partial charge in [-0.05, 0) is 48.5 Å². The van der Waals surface area contributed by atoms with Crippen molar-refractivity contribution in [3.63, 3.8) is 0 Å². The number of anilines is 2. The van der Waals surface area contributed by atoms with Crippen molar-refractivity contribution in [2.75, 3.05) is 9.62 Å². The number of hydrogen-bond donors (Lipinski definition) is 1. The Labute approximate surface area is 185 Å². The minimum Gasteiger partial charge on any atom is -0.406 e. The number of nitrogens with one attached hydrogen (secondary N) is 1. The predicted octanol–water partition coefficient (Wildman–Crippen LogP) is 4.59. The average Bonchev–Trinajstić information content (AvgIpc) is 3.08. The number of carbonyl (C=O) groups excluding carboxylic acids is 1. The van der Waals surface area contributed by atoms with E-state index in [2.05, 4.69) is 14.4 Å². The van der Waals surface area contributed by atoms with Crippen molar-refractivity contribution in [3.05, 3.63) is 77.1 Å². The van der Waals surface area contributed by atoms with Crippen LogP contribution in [0.2, 0.25) is 5.02 Å². The fraction of sp³-hybridized carbons (Fsp3) is 0.100. The van der Waals surface area contributed by atoms with Gasteiger partial charge in [-0.3, -0.25) is 14.5 Å². The molecule has 1 amide bonds. The van der Waals surface area contributed by atoms with Gasteiger partial charge in [-0.2, -0.15) is 0 Å². The summed E-state index contributed by atoms with van der Waals surface area (Å²) in [6.45, 7) is 0.0522. The van der Waals surface area contributed by atoms with Crippen LogP contribution in [-0.4, -0.2) is 25.7 Å². The molecule has 0 saturated carbocycles. The second-order valence-electron chi connectivity index (χ2n) is 6.68. The van der Waals surface area contributed by atoms with Crippen molar-refractivity contribution in [2.45, 2.75) is 17.8 Å². The van der Waals surface area contributed by atoms with E-state index in [9.17, 15) is 26.4 Å².